The molecule has 0 unspecified atom stereocenters. The van der Waals surface area contributed by atoms with Crippen molar-refractivity contribution in [3.05, 3.63) is 6.07 Å². The van der Waals surface area contributed by atoms with E-state index in [-0.39, 0.29) is 12.6 Å². The Kier molecular flexibility index (Phi) is 1.82. The molecule has 2 heterocycles. The molecule has 4 N–H and O–H groups in total. The van der Waals surface area contributed by atoms with Crippen LogP contribution in [-0.4, -0.2) is 23.2 Å². The van der Waals surface area contributed by atoms with Crippen molar-refractivity contribution in [3.8, 4) is 0 Å². The third kappa shape index (κ3) is 1.43. The molecule has 2 aromatic rings. The standard InChI is InChI=1S/C7H9N3O3/c8-7-10-6-4(12-7)3-5(13-6)9-1-2-11/h3,9,11H,1-2H2,(H2,8,10). The lowest BCUT2D eigenvalue weighted by Gasteiger charge is -1.96. The van der Waals surface area contributed by atoms with E-state index >= 15 is 0 Å². The van der Waals surface area contributed by atoms with Crippen LogP contribution in [0.4, 0.5) is 11.9 Å². The van der Waals surface area contributed by atoms with E-state index < -0.39 is 0 Å². The SMILES string of the molecule is Nc1nc2oc(NCCO)cc2o1. The summed E-state index contributed by atoms with van der Waals surface area (Å²) in [4.78, 5) is 3.78. The lowest BCUT2D eigenvalue weighted by atomic mass is 10.5. The van der Waals surface area contributed by atoms with Crippen LogP contribution in [0.15, 0.2) is 14.9 Å². The molecule has 0 aromatic carbocycles. The maximum absolute atomic E-state index is 8.53. The fraction of sp³-hybridized carbons (Fsp3) is 0.286. The number of nitrogen functional groups attached to an aromatic ring is 1. The Morgan fingerprint density at radius 3 is 3.08 bits per heavy atom. The van der Waals surface area contributed by atoms with Gasteiger partial charge in [0.2, 0.25) is 0 Å². The number of rotatable bonds is 3. The van der Waals surface area contributed by atoms with Gasteiger partial charge in [0.1, 0.15) is 0 Å². The van der Waals surface area contributed by atoms with Crippen molar-refractivity contribution in [2.75, 3.05) is 24.2 Å². The third-order valence-corrected chi connectivity index (χ3v) is 1.52. The maximum Gasteiger partial charge on any atom is 0.295 e. The molecule has 0 spiro atoms. The fourth-order valence-corrected chi connectivity index (χ4v) is 1.02. The van der Waals surface area contributed by atoms with Crippen molar-refractivity contribution in [1.82, 2.24) is 4.98 Å². The van der Waals surface area contributed by atoms with E-state index in [1.165, 1.54) is 0 Å². The van der Waals surface area contributed by atoms with E-state index in [2.05, 4.69) is 10.3 Å². The van der Waals surface area contributed by atoms with E-state index in [0.717, 1.165) is 0 Å². The van der Waals surface area contributed by atoms with Gasteiger partial charge in [0.05, 0.1) is 6.61 Å². The quantitative estimate of drug-likeness (QED) is 0.637. The fourth-order valence-electron chi connectivity index (χ4n) is 1.02. The first kappa shape index (κ1) is 7.93. The van der Waals surface area contributed by atoms with Gasteiger partial charge in [0.25, 0.3) is 11.7 Å². The minimum Gasteiger partial charge on any atom is -0.420 e. The van der Waals surface area contributed by atoms with Gasteiger partial charge in [-0.1, -0.05) is 0 Å². The second kappa shape index (κ2) is 2.98. The molecule has 0 bridgehead atoms. The van der Waals surface area contributed by atoms with Crippen molar-refractivity contribution < 1.29 is 13.9 Å². The zero-order valence-electron chi connectivity index (χ0n) is 6.78. The molecule has 0 amide bonds. The Labute approximate surface area is 73.3 Å². The zero-order chi connectivity index (χ0) is 9.26. The topological polar surface area (TPSA) is 97.5 Å². The van der Waals surface area contributed by atoms with Gasteiger partial charge >= 0.3 is 0 Å². The molecule has 70 valence electrons. The monoisotopic (exact) mass is 183 g/mol. The zero-order valence-corrected chi connectivity index (χ0v) is 6.78. The Bertz CT molecular complexity index is 374. The largest absolute Gasteiger partial charge is 0.420 e. The molecule has 6 heteroatoms. The summed E-state index contributed by atoms with van der Waals surface area (Å²) in [6.45, 7) is 0.462. The summed E-state index contributed by atoms with van der Waals surface area (Å²) in [5.41, 5.74) is 6.14. The molecule has 6 nitrogen and oxygen atoms in total. The van der Waals surface area contributed by atoms with Crippen molar-refractivity contribution in [3.63, 3.8) is 0 Å². The first-order chi connectivity index (χ1) is 6.29. The number of oxazole rings is 1. The number of nitrogens with zero attached hydrogens (tertiary/aromatic N) is 1. The highest BCUT2D eigenvalue weighted by Gasteiger charge is 2.09. The summed E-state index contributed by atoms with van der Waals surface area (Å²) >= 11 is 0. The van der Waals surface area contributed by atoms with Crippen LogP contribution >= 0.6 is 0 Å². The second-order valence-corrected chi connectivity index (χ2v) is 2.48. The van der Waals surface area contributed by atoms with Gasteiger partial charge in [-0.2, -0.15) is 4.98 Å². The Morgan fingerprint density at radius 2 is 2.38 bits per heavy atom. The number of furan rings is 1. The predicted octanol–water partition coefficient (Wildman–Crippen LogP) is 0.407. The van der Waals surface area contributed by atoms with Crippen LogP contribution < -0.4 is 11.1 Å². The van der Waals surface area contributed by atoms with E-state index in [4.69, 9.17) is 19.7 Å². The first-order valence-corrected chi connectivity index (χ1v) is 3.80. The van der Waals surface area contributed by atoms with Crippen molar-refractivity contribution in [2.24, 2.45) is 0 Å². The average molecular weight is 183 g/mol. The van der Waals surface area contributed by atoms with Gasteiger partial charge in [0, 0.05) is 12.6 Å². The van der Waals surface area contributed by atoms with Crippen LogP contribution in [-0.2, 0) is 0 Å². The average Bonchev–Trinajstić information content (AvgIpc) is 2.57. The highest BCUT2D eigenvalue weighted by Crippen LogP contribution is 2.23. The molecular formula is C7H9N3O3. The molecule has 0 radical (unpaired) electrons. The number of aliphatic hydroxyl groups is 1. The number of nitrogens with two attached hydrogens (primary N) is 1. The molecule has 0 aliphatic carbocycles. The van der Waals surface area contributed by atoms with Crippen LogP contribution in [0, 0.1) is 0 Å². The number of aromatic nitrogens is 1. The smallest absolute Gasteiger partial charge is 0.295 e. The van der Waals surface area contributed by atoms with E-state index in [1.54, 1.807) is 6.07 Å². The summed E-state index contributed by atoms with van der Waals surface area (Å²) < 4.78 is 10.2. The van der Waals surface area contributed by atoms with Crippen molar-refractivity contribution in [1.29, 1.82) is 0 Å². The van der Waals surface area contributed by atoms with Crippen LogP contribution in [0.2, 0.25) is 0 Å². The van der Waals surface area contributed by atoms with Crippen LogP contribution in [0.5, 0.6) is 0 Å². The lowest BCUT2D eigenvalue weighted by molar-refractivity contribution is 0.310. The molecule has 0 aliphatic heterocycles. The van der Waals surface area contributed by atoms with Crippen LogP contribution in [0.1, 0.15) is 0 Å². The van der Waals surface area contributed by atoms with Gasteiger partial charge in [-0.15, -0.1) is 0 Å². The molecule has 2 aromatic heterocycles. The van der Waals surface area contributed by atoms with Crippen molar-refractivity contribution >= 4 is 23.2 Å². The normalized spacial score (nSPS) is 10.8. The lowest BCUT2D eigenvalue weighted by Crippen LogP contribution is -2.03. The summed E-state index contributed by atoms with van der Waals surface area (Å²) in [6, 6.07) is 1.72. The number of aliphatic hydroxyl groups excluding tert-OH is 1. The first-order valence-electron chi connectivity index (χ1n) is 3.80. The molecule has 2 rings (SSSR count). The van der Waals surface area contributed by atoms with Gasteiger partial charge in [-0.3, -0.25) is 0 Å². The second-order valence-electron chi connectivity index (χ2n) is 2.48. The summed E-state index contributed by atoms with van der Waals surface area (Å²) in [7, 11) is 0. The minimum absolute atomic E-state index is 0.0393. The molecule has 0 fully saturated rings. The number of nitrogens with one attached hydrogen (secondary N) is 1. The highest BCUT2D eigenvalue weighted by atomic mass is 16.4. The van der Waals surface area contributed by atoms with Gasteiger partial charge in [0.15, 0.2) is 11.5 Å². The van der Waals surface area contributed by atoms with E-state index in [0.29, 0.717) is 23.7 Å². The molecule has 13 heavy (non-hydrogen) atoms. The molecule has 0 saturated carbocycles. The Hall–Kier alpha value is -1.69. The molecular weight excluding hydrogens is 174 g/mol. The number of anilines is 2. The highest BCUT2D eigenvalue weighted by molar-refractivity contribution is 5.72. The van der Waals surface area contributed by atoms with Gasteiger partial charge < -0.3 is 25.0 Å². The summed E-state index contributed by atoms with van der Waals surface area (Å²) in [5, 5.41) is 11.4. The molecule has 0 saturated heterocycles. The van der Waals surface area contributed by atoms with E-state index in [1.807, 2.05) is 0 Å². The van der Waals surface area contributed by atoms with Crippen LogP contribution in [0.25, 0.3) is 11.3 Å². The number of hydrogen-bond acceptors (Lipinski definition) is 6. The molecule has 0 atom stereocenters. The Balaban J connectivity index is 2.24. The number of hydrogen-bond donors (Lipinski definition) is 3. The van der Waals surface area contributed by atoms with Gasteiger partial charge in [-0.25, -0.2) is 0 Å². The Morgan fingerprint density at radius 1 is 1.54 bits per heavy atom. The summed E-state index contributed by atoms with van der Waals surface area (Å²) in [5.74, 6) is 0.510. The van der Waals surface area contributed by atoms with Gasteiger partial charge in [-0.05, 0) is 0 Å². The maximum atomic E-state index is 8.53. The third-order valence-electron chi connectivity index (χ3n) is 1.52. The van der Waals surface area contributed by atoms with Crippen molar-refractivity contribution in [2.45, 2.75) is 0 Å². The number of fused-ring (bicyclic) bond motifs is 1. The van der Waals surface area contributed by atoms with E-state index in [9.17, 15) is 0 Å². The molecule has 0 aliphatic rings. The van der Waals surface area contributed by atoms with Crippen LogP contribution in [0.3, 0.4) is 0 Å². The predicted molar refractivity (Wildman–Crippen MR) is 46.3 cm³/mol. The minimum atomic E-state index is 0.0393. The summed E-state index contributed by atoms with van der Waals surface area (Å²) in [6.07, 6.45) is 0.